The predicted molar refractivity (Wildman–Crippen MR) is 138 cm³/mol. The number of hydrogen-bond acceptors (Lipinski definition) is 4. The number of amides is 2. The number of nitrogens with one attached hydrogen (secondary N) is 2. The number of fused-ring (bicyclic) bond motifs is 1. The van der Waals surface area contributed by atoms with E-state index in [0.29, 0.717) is 0 Å². The Morgan fingerprint density at radius 1 is 1.06 bits per heavy atom. The van der Waals surface area contributed by atoms with Crippen molar-refractivity contribution >= 4 is 33.2 Å². The average Bonchev–Trinajstić information content (AvgIpc) is 3.08. The molecule has 2 aromatic carbocycles. The molecule has 4 rings (SSSR count). The lowest BCUT2D eigenvalue weighted by molar-refractivity contribution is -0.125. The van der Waals surface area contributed by atoms with Crippen LogP contribution in [0.3, 0.4) is 0 Å². The highest BCUT2D eigenvalue weighted by Crippen LogP contribution is 2.38. The second-order valence-corrected chi connectivity index (χ2v) is 12.5. The van der Waals surface area contributed by atoms with Gasteiger partial charge in [0, 0.05) is 12.1 Å². The van der Waals surface area contributed by atoms with Gasteiger partial charge in [-0.1, -0.05) is 58.6 Å². The number of anilines is 2. The summed E-state index contributed by atoms with van der Waals surface area (Å²) in [5.41, 5.74) is 0.948. The van der Waals surface area contributed by atoms with Crippen LogP contribution in [0.5, 0.6) is 0 Å². The number of halogens is 1. The van der Waals surface area contributed by atoms with Crippen LogP contribution in [0.2, 0.25) is 0 Å². The van der Waals surface area contributed by atoms with Crippen molar-refractivity contribution in [2.24, 2.45) is 0 Å². The number of benzene rings is 2. The molecule has 7 nitrogen and oxygen atoms in total. The second-order valence-electron chi connectivity index (χ2n) is 10.7. The monoisotopic (exact) mass is 515 g/mol. The summed E-state index contributed by atoms with van der Waals surface area (Å²) in [7, 11) is -4.30. The smallest absolute Gasteiger partial charge is 0.265 e. The first kappa shape index (κ1) is 26.1. The van der Waals surface area contributed by atoms with E-state index in [9.17, 15) is 22.4 Å². The lowest BCUT2D eigenvalue weighted by Crippen LogP contribution is -2.53. The van der Waals surface area contributed by atoms with Crippen LogP contribution >= 0.6 is 0 Å². The number of carbonyl (C=O) groups is 2. The summed E-state index contributed by atoms with van der Waals surface area (Å²) in [4.78, 5) is 26.1. The van der Waals surface area contributed by atoms with Gasteiger partial charge in [-0.05, 0) is 48.1 Å². The SMILES string of the molecule is CC(C)(C)c1ccc(S(=O)(=O)N2c3cc(F)ccc3NC(=O)C2CC(=O)NC2CCCCCC2)cc1. The molecule has 9 heteroatoms. The topological polar surface area (TPSA) is 95.6 Å². The molecule has 194 valence electrons. The third-order valence-electron chi connectivity index (χ3n) is 6.92. The van der Waals surface area contributed by atoms with E-state index in [1.54, 1.807) is 12.1 Å². The fourth-order valence-corrected chi connectivity index (χ4v) is 6.50. The molecule has 1 heterocycles. The minimum atomic E-state index is -4.30. The Bertz CT molecular complexity index is 1230. The largest absolute Gasteiger partial charge is 0.353 e. The van der Waals surface area contributed by atoms with Crippen LogP contribution in [-0.2, 0) is 25.0 Å². The highest BCUT2D eigenvalue weighted by atomic mass is 32.2. The van der Waals surface area contributed by atoms with Crippen molar-refractivity contribution in [2.45, 2.75) is 88.1 Å². The first-order valence-corrected chi connectivity index (χ1v) is 14.0. The summed E-state index contributed by atoms with van der Waals surface area (Å²) in [6, 6.07) is 8.66. The van der Waals surface area contributed by atoms with Crippen molar-refractivity contribution in [2.75, 3.05) is 9.62 Å². The quantitative estimate of drug-likeness (QED) is 0.556. The van der Waals surface area contributed by atoms with Crippen molar-refractivity contribution in [3.63, 3.8) is 0 Å². The van der Waals surface area contributed by atoms with Crippen molar-refractivity contribution < 1.29 is 22.4 Å². The summed E-state index contributed by atoms with van der Waals surface area (Å²) in [6.07, 6.45) is 5.65. The third kappa shape index (κ3) is 5.56. The normalized spacial score (nSPS) is 19.3. The molecule has 1 fully saturated rings. The molecule has 1 saturated carbocycles. The van der Waals surface area contributed by atoms with E-state index >= 15 is 0 Å². The van der Waals surface area contributed by atoms with Crippen LogP contribution in [0.15, 0.2) is 47.4 Å². The summed E-state index contributed by atoms with van der Waals surface area (Å²) >= 11 is 0. The van der Waals surface area contributed by atoms with Gasteiger partial charge >= 0.3 is 0 Å². The second kappa shape index (κ2) is 10.2. The van der Waals surface area contributed by atoms with Crippen LogP contribution in [0.4, 0.5) is 15.8 Å². The Morgan fingerprint density at radius 2 is 1.69 bits per heavy atom. The number of hydrogen-bond donors (Lipinski definition) is 2. The van der Waals surface area contributed by atoms with Crippen molar-refractivity contribution in [1.82, 2.24) is 5.32 Å². The average molecular weight is 516 g/mol. The molecular formula is C27H34FN3O4S. The lowest BCUT2D eigenvalue weighted by Gasteiger charge is -2.37. The summed E-state index contributed by atoms with van der Waals surface area (Å²) < 4.78 is 42.9. The number of nitrogens with zero attached hydrogens (tertiary/aromatic N) is 1. The maximum absolute atomic E-state index is 14.3. The maximum Gasteiger partial charge on any atom is 0.265 e. The van der Waals surface area contributed by atoms with E-state index in [1.165, 1.54) is 18.2 Å². The molecule has 0 aromatic heterocycles. The standard InChI is InChI=1S/C27H34FN3O4S/c1-27(2,3)18-10-13-21(14-11-18)36(34,35)31-23-16-19(28)12-15-22(23)30-26(33)24(31)17-25(32)29-20-8-6-4-5-7-9-20/h10-16,20,24H,4-9,17H2,1-3H3,(H,29,32)(H,30,33). The van der Waals surface area contributed by atoms with E-state index in [-0.39, 0.29) is 34.1 Å². The van der Waals surface area contributed by atoms with Gasteiger partial charge in [-0.15, -0.1) is 0 Å². The Morgan fingerprint density at radius 3 is 2.31 bits per heavy atom. The van der Waals surface area contributed by atoms with Gasteiger partial charge in [0.2, 0.25) is 11.8 Å². The highest BCUT2D eigenvalue weighted by Gasteiger charge is 2.42. The zero-order chi connectivity index (χ0) is 26.1. The lowest BCUT2D eigenvalue weighted by atomic mass is 9.87. The fraction of sp³-hybridized carbons (Fsp3) is 0.481. The van der Waals surface area contributed by atoms with Crippen LogP contribution < -0.4 is 14.9 Å². The Labute approximate surface area is 212 Å². The fourth-order valence-electron chi connectivity index (χ4n) is 4.88. The van der Waals surface area contributed by atoms with Gasteiger partial charge in [-0.25, -0.2) is 12.8 Å². The molecule has 0 radical (unpaired) electrons. The number of sulfonamides is 1. The molecule has 0 spiro atoms. The molecule has 2 amide bonds. The van der Waals surface area contributed by atoms with E-state index in [2.05, 4.69) is 10.6 Å². The molecule has 0 saturated heterocycles. The molecular weight excluding hydrogens is 481 g/mol. The molecule has 1 unspecified atom stereocenters. The molecule has 1 atom stereocenters. The first-order chi connectivity index (χ1) is 17.0. The minimum Gasteiger partial charge on any atom is -0.353 e. The first-order valence-electron chi connectivity index (χ1n) is 12.5. The van der Waals surface area contributed by atoms with Crippen LogP contribution in [-0.4, -0.2) is 32.3 Å². The Hall–Kier alpha value is -2.94. The summed E-state index contributed by atoms with van der Waals surface area (Å²) in [6.45, 7) is 6.06. The van der Waals surface area contributed by atoms with Gasteiger partial charge in [0.05, 0.1) is 22.7 Å². The summed E-state index contributed by atoms with van der Waals surface area (Å²) in [5.74, 6) is -1.67. The van der Waals surface area contributed by atoms with Gasteiger partial charge in [0.15, 0.2) is 0 Å². The molecule has 2 aliphatic rings. The van der Waals surface area contributed by atoms with Crippen molar-refractivity contribution in [1.29, 1.82) is 0 Å². The Kier molecular flexibility index (Phi) is 7.41. The van der Waals surface area contributed by atoms with E-state index in [1.807, 2.05) is 20.8 Å². The molecule has 1 aliphatic heterocycles. The highest BCUT2D eigenvalue weighted by molar-refractivity contribution is 7.93. The number of carbonyl (C=O) groups excluding carboxylic acids is 2. The third-order valence-corrected chi connectivity index (χ3v) is 8.75. The molecule has 36 heavy (non-hydrogen) atoms. The van der Waals surface area contributed by atoms with Crippen molar-refractivity contribution in [3.8, 4) is 0 Å². The maximum atomic E-state index is 14.3. The van der Waals surface area contributed by atoms with Gasteiger partial charge in [0.25, 0.3) is 10.0 Å². The van der Waals surface area contributed by atoms with Crippen LogP contribution in [0.25, 0.3) is 0 Å². The van der Waals surface area contributed by atoms with Crippen LogP contribution in [0.1, 0.15) is 71.3 Å². The van der Waals surface area contributed by atoms with Gasteiger partial charge in [-0.3, -0.25) is 13.9 Å². The zero-order valence-corrected chi connectivity index (χ0v) is 21.8. The molecule has 0 bridgehead atoms. The molecule has 2 aromatic rings. The number of rotatable bonds is 5. The van der Waals surface area contributed by atoms with Gasteiger partial charge in [0.1, 0.15) is 11.9 Å². The van der Waals surface area contributed by atoms with Crippen molar-refractivity contribution in [3.05, 3.63) is 53.8 Å². The summed E-state index contributed by atoms with van der Waals surface area (Å²) in [5, 5.41) is 5.63. The molecule has 1 aliphatic carbocycles. The predicted octanol–water partition coefficient (Wildman–Crippen LogP) is 4.87. The molecule has 2 N–H and O–H groups in total. The van der Waals surface area contributed by atoms with Crippen LogP contribution in [0, 0.1) is 5.82 Å². The van der Waals surface area contributed by atoms with E-state index in [0.717, 1.165) is 60.5 Å². The minimum absolute atomic E-state index is 0.00163. The van der Waals surface area contributed by atoms with E-state index in [4.69, 9.17) is 0 Å². The zero-order valence-electron chi connectivity index (χ0n) is 21.0. The van der Waals surface area contributed by atoms with Gasteiger partial charge in [-0.2, -0.15) is 0 Å². The van der Waals surface area contributed by atoms with Gasteiger partial charge < -0.3 is 10.6 Å². The van der Waals surface area contributed by atoms with E-state index < -0.39 is 33.7 Å². The Balaban J connectivity index is 1.69.